The van der Waals surface area contributed by atoms with Crippen LogP contribution in [0, 0.1) is 13.8 Å². The van der Waals surface area contributed by atoms with Crippen molar-refractivity contribution in [1.82, 2.24) is 0 Å². The van der Waals surface area contributed by atoms with E-state index in [1.807, 2.05) is 24.3 Å². The fraction of sp³-hybridized carbons (Fsp3) is 0.314. The minimum Gasteiger partial charge on any atom is -0.383 e. The van der Waals surface area contributed by atoms with E-state index in [2.05, 4.69) is 79.9 Å². The summed E-state index contributed by atoms with van der Waals surface area (Å²) in [4.78, 5) is 0. The number of benzene rings is 4. The minimum absolute atomic E-state index is 0.0456. The van der Waals surface area contributed by atoms with Crippen LogP contribution in [-0.2, 0) is 30.3 Å². The summed E-state index contributed by atoms with van der Waals surface area (Å²) >= 11 is 0. The van der Waals surface area contributed by atoms with E-state index in [1.54, 1.807) is 13.2 Å². The normalized spacial score (nSPS) is 11.8. The molecular formula is C35H41F3N2O. The van der Waals surface area contributed by atoms with E-state index in [9.17, 15) is 13.2 Å². The Hall–Kier alpha value is -3.77. The first kappa shape index (κ1) is 31.8. The second-order valence-corrected chi connectivity index (χ2v) is 10.3. The molecular weight excluding hydrogens is 521 g/mol. The third-order valence-corrected chi connectivity index (χ3v) is 6.78. The van der Waals surface area contributed by atoms with E-state index in [0.29, 0.717) is 12.2 Å². The predicted octanol–water partition coefficient (Wildman–Crippen LogP) is 9.24. The molecule has 4 aromatic carbocycles. The quantitative estimate of drug-likeness (QED) is 0.191. The summed E-state index contributed by atoms with van der Waals surface area (Å²) < 4.78 is 44.3. The number of alkyl halides is 3. The Bertz CT molecular complexity index is 1340. The predicted molar refractivity (Wildman–Crippen MR) is 165 cm³/mol. The van der Waals surface area contributed by atoms with Crippen LogP contribution in [0.1, 0.15) is 46.7 Å². The zero-order chi connectivity index (χ0) is 29.7. The van der Waals surface area contributed by atoms with Crippen LogP contribution >= 0.6 is 0 Å². The topological polar surface area (TPSA) is 33.3 Å². The number of rotatable bonds is 11. The molecule has 0 bridgehead atoms. The standard InChI is InChI=1S/C25H27F3N2O.C10H14/c1-18-10-12-19(13-11-18)15-22(17-31-2)30-24-9-4-3-8-23(24)29-16-20-6-5-7-21(14-20)25(26,27)28;1-3-6-10-8-5-4-7-9(10)2/h3-14,22,29-30H,15-17H2,1-2H3;4-5,7-8H,3,6H2,1-2H3. The van der Waals surface area contributed by atoms with Crippen LogP contribution in [-0.4, -0.2) is 19.8 Å². The zero-order valence-electron chi connectivity index (χ0n) is 24.4. The number of para-hydroxylation sites is 2. The Balaban J connectivity index is 0.000000389. The van der Waals surface area contributed by atoms with Crippen molar-refractivity contribution in [1.29, 1.82) is 0 Å². The maximum Gasteiger partial charge on any atom is 0.416 e. The lowest BCUT2D eigenvalue weighted by Crippen LogP contribution is -2.28. The largest absolute Gasteiger partial charge is 0.416 e. The monoisotopic (exact) mass is 562 g/mol. The molecule has 0 aliphatic rings. The number of hydrogen-bond donors (Lipinski definition) is 2. The molecule has 1 unspecified atom stereocenters. The molecule has 4 aromatic rings. The summed E-state index contributed by atoms with van der Waals surface area (Å²) in [5.74, 6) is 0. The van der Waals surface area contributed by atoms with Gasteiger partial charge in [0.2, 0.25) is 0 Å². The molecule has 0 aliphatic carbocycles. The lowest BCUT2D eigenvalue weighted by Gasteiger charge is -2.22. The number of nitrogens with one attached hydrogen (secondary N) is 2. The Morgan fingerprint density at radius 3 is 2.12 bits per heavy atom. The lowest BCUT2D eigenvalue weighted by atomic mass is 10.0. The van der Waals surface area contributed by atoms with Gasteiger partial charge in [0, 0.05) is 13.7 Å². The third-order valence-electron chi connectivity index (χ3n) is 6.78. The van der Waals surface area contributed by atoms with Gasteiger partial charge in [-0.25, -0.2) is 0 Å². The van der Waals surface area contributed by atoms with Crippen molar-refractivity contribution >= 4 is 11.4 Å². The van der Waals surface area contributed by atoms with Gasteiger partial charge in [-0.1, -0.05) is 91.7 Å². The molecule has 0 aliphatic heterocycles. The van der Waals surface area contributed by atoms with Gasteiger partial charge in [-0.15, -0.1) is 0 Å². The van der Waals surface area contributed by atoms with Crippen molar-refractivity contribution in [2.24, 2.45) is 0 Å². The smallest absolute Gasteiger partial charge is 0.383 e. The first-order chi connectivity index (χ1) is 19.7. The molecule has 0 heterocycles. The number of methoxy groups -OCH3 is 1. The number of anilines is 2. The average Bonchev–Trinajstić information content (AvgIpc) is 2.95. The molecule has 0 radical (unpaired) electrons. The summed E-state index contributed by atoms with van der Waals surface area (Å²) in [7, 11) is 1.67. The van der Waals surface area contributed by atoms with E-state index in [0.717, 1.165) is 23.9 Å². The highest BCUT2D eigenvalue weighted by Gasteiger charge is 2.30. The number of halogens is 3. The fourth-order valence-electron chi connectivity index (χ4n) is 4.56. The van der Waals surface area contributed by atoms with E-state index in [1.165, 1.54) is 47.2 Å². The van der Waals surface area contributed by atoms with Crippen molar-refractivity contribution in [2.45, 2.75) is 58.8 Å². The second kappa shape index (κ2) is 15.9. The summed E-state index contributed by atoms with van der Waals surface area (Å²) in [5, 5.41) is 6.77. The second-order valence-electron chi connectivity index (χ2n) is 10.3. The molecule has 0 saturated heterocycles. The molecule has 218 valence electrons. The van der Waals surface area contributed by atoms with E-state index in [-0.39, 0.29) is 12.6 Å². The first-order valence-electron chi connectivity index (χ1n) is 14.0. The van der Waals surface area contributed by atoms with E-state index >= 15 is 0 Å². The molecule has 6 heteroatoms. The SMILES string of the molecule is CCCc1ccccc1C.COCC(Cc1ccc(C)cc1)Nc1ccccc1NCc1cccc(C(F)(F)F)c1. The van der Waals surface area contributed by atoms with Crippen LogP contribution in [0.15, 0.2) is 97.1 Å². The molecule has 0 saturated carbocycles. The van der Waals surface area contributed by atoms with Crippen molar-refractivity contribution < 1.29 is 17.9 Å². The molecule has 1 atom stereocenters. The van der Waals surface area contributed by atoms with Crippen molar-refractivity contribution in [2.75, 3.05) is 24.4 Å². The Labute approximate surface area is 242 Å². The van der Waals surface area contributed by atoms with Crippen molar-refractivity contribution in [3.63, 3.8) is 0 Å². The van der Waals surface area contributed by atoms with Gasteiger partial charge in [0.15, 0.2) is 0 Å². The molecule has 0 fully saturated rings. The molecule has 4 rings (SSSR count). The molecule has 41 heavy (non-hydrogen) atoms. The molecule has 2 N–H and O–H groups in total. The summed E-state index contributed by atoms with van der Waals surface area (Å²) in [6, 6.07) is 30.1. The lowest BCUT2D eigenvalue weighted by molar-refractivity contribution is -0.137. The van der Waals surface area contributed by atoms with Crippen molar-refractivity contribution in [3.8, 4) is 0 Å². The average molecular weight is 563 g/mol. The van der Waals surface area contributed by atoms with Crippen LogP contribution in [0.25, 0.3) is 0 Å². The van der Waals surface area contributed by atoms with Gasteiger partial charge in [-0.2, -0.15) is 13.2 Å². The van der Waals surface area contributed by atoms with Crippen LogP contribution in [0.3, 0.4) is 0 Å². The third kappa shape index (κ3) is 10.6. The Kier molecular flexibility index (Phi) is 12.3. The van der Waals surface area contributed by atoms with Crippen LogP contribution < -0.4 is 10.6 Å². The summed E-state index contributed by atoms with van der Waals surface area (Å²) in [6.45, 7) is 7.25. The van der Waals surface area contributed by atoms with Gasteiger partial charge in [0.25, 0.3) is 0 Å². The highest BCUT2D eigenvalue weighted by atomic mass is 19.4. The van der Waals surface area contributed by atoms with Crippen molar-refractivity contribution in [3.05, 3.63) is 130 Å². The minimum atomic E-state index is -4.35. The maximum absolute atomic E-state index is 13.0. The van der Waals surface area contributed by atoms with E-state index < -0.39 is 11.7 Å². The Morgan fingerprint density at radius 2 is 1.46 bits per heavy atom. The highest BCUT2D eigenvalue weighted by molar-refractivity contribution is 5.69. The van der Waals surface area contributed by atoms with Crippen LogP contribution in [0.5, 0.6) is 0 Å². The Morgan fingerprint density at radius 1 is 0.780 bits per heavy atom. The molecule has 0 aromatic heterocycles. The van der Waals surface area contributed by atoms with Gasteiger partial charge in [0.1, 0.15) is 0 Å². The maximum atomic E-state index is 13.0. The van der Waals surface area contributed by atoms with Gasteiger partial charge < -0.3 is 15.4 Å². The highest BCUT2D eigenvalue weighted by Crippen LogP contribution is 2.30. The number of hydrogen-bond acceptors (Lipinski definition) is 3. The molecule has 0 spiro atoms. The zero-order valence-corrected chi connectivity index (χ0v) is 24.4. The molecule has 0 amide bonds. The first-order valence-corrected chi connectivity index (χ1v) is 14.0. The van der Waals surface area contributed by atoms with Crippen LogP contribution in [0.2, 0.25) is 0 Å². The molecule has 3 nitrogen and oxygen atoms in total. The van der Waals surface area contributed by atoms with Gasteiger partial charge in [-0.3, -0.25) is 0 Å². The van der Waals surface area contributed by atoms with E-state index in [4.69, 9.17) is 4.74 Å². The van der Waals surface area contributed by atoms with Gasteiger partial charge in [-0.05, 0) is 73.2 Å². The van der Waals surface area contributed by atoms with Gasteiger partial charge in [0.05, 0.1) is 29.6 Å². The fourth-order valence-corrected chi connectivity index (χ4v) is 4.56. The summed E-state index contributed by atoms with van der Waals surface area (Å²) in [5.41, 5.74) is 6.95. The number of ether oxygens (including phenoxy) is 1. The van der Waals surface area contributed by atoms with Crippen LogP contribution in [0.4, 0.5) is 24.5 Å². The van der Waals surface area contributed by atoms with Gasteiger partial charge >= 0.3 is 6.18 Å². The number of aryl methyl sites for hydroxylation is 3. The summed E-state index contributed by atoms with van der Waals surface area (Å²) in [6.07, 6.45) is -1.10.